The van der Waals surface area contributed by atoms with Gasteiger partial charge in [-0.3, -0.25) is 9.59 Å². The van der Waals surface area contributed by atoms with E-state index in [1.807, 2.05) is 13.8 Å². The molecule has 2 fully saturated rings. The van der Waals surface area contributed by atoms with E-state index in [2.05, 4.69) is 5.32 Å². The molecule has 5 heteroatoms. The van der Waals surface area contributed by atoms with Crippen molar-refractivity contribution in [3.05, 3.63) is 0 Å². The second-order valence-electron chi connectivity index (χ2n) is 5.49. The van der Waals surface area contributed by atoms with Crippen LogP contribution < -0.4 is 5.32 Å². The Morgan fingerprint density at radius 1 is 1.37 bits per heavy atom. The monoisotopic (exact) mass is 268 g/mol. The number of carbonyl (C=O) groups is 2. The van der Waals surface area contributed by atoms with Gasteiger partial charge in [0.1, 0.15) is 12.1 Å². The van der Waals surface area contributed by atoms with Crippen LogP contribution in [0.3, 0.4) is 0 Å². The fourth-order valence-electron chi connectivity index (χ4n) is 2.88. The van der Waals surface area contributed by atoms with Crippen LogP contribution in [0.1, 0.15) is 39.5 Å². The number of hydrogen-bond donors (Lipinski definition) is 1. The highest BCUT2D eigenvalue weighted by Gasteiger charge is 2.40. The molecule has 0 aromatic rings. The van der Waals surface area contributed by atoms with Crippen molar-refractivity contribution < 1.29 is 14.3 Å². The molecule has 0 spiro atoms. The summed E-state index contributed by atoms with van der Waals surface area (Å²) in [5.41, 5.74) is 0. The number of nitrogens with zero attached hydrogens (tertiary/aromatic N) is 1. The van der Waals surface area contributed by atoms with Crippen LogP contribution in [-0.4, -0.2) is 48.6 Å². The van der Waals surface area contributed by atoms with Crippen molar-refractivity contribution in [3.8, 4) is 0 Å². The molecule has 0 saturated carbocycles. The summed E-state index contributed by atoms with van der Waals surface area (Å²) in [6.07, 6.45) is 3.28. The lowest BCUT2D eigenvalue weighted by atomic mass is 9.99. The average Bonchev–Trinajstić information content (AvgIpc) is 2.90. The van der Waals surface area contributed by atoms with Crippen molar-refractivity contribution in [2.75, 3.05) is 19.8 Å². The molecule has 2 amide bonds. The standard InChI is InChI=1S/C14H24N2O3/c1-3-5-12-13(17)15-11(4-2)14(18)16(12)8-10-6-7-19-9-10/h10-12H,3-9H2,1-2H3,(H,15,17). The number of rotatable bonds is 5. The van der Waals surface area contributed by atoms with Crippen LogP contribution in [0.5, 0.6) is 0 Å². The smallest absolute Gasteiger partial charge is 0.245 e. The Morgan fingerprint density at radius 2 is 2.16 bits per heavy atom. The zero-order valence-corrected chi connectivity index (χ0v) is 11.9. The van der Waals surface area contributed by atoms with Crippen molar-refractivity contribution in [1.29, 1.82) is 0 Å². The zero-order valence-electron chi connectivity index (χ0n) is 11.9. The summed E-state index contributed by atoms with van der Waals surface area (Å²) in [7, 11) is 0. The van der Waals surface area contributed by atoms with Gasteiger partial charge in [-0.1, -0.05) is 20.3 Å². The minimum atomic E-state index is -0.345. The molecular weight excluding hydrogens is 244 g/mol. The van der Waals surface area contributed by atoms with Gasteiger partial charge in [0.2, 0.25) is 11.8 Å². The van der Waals surface area contributed by atoms with E-state index in [0.29, 0.717) is 25.5 Å². The Bertz CT molecular complexity index is 340. The van der Waals surface area contributed by atoms with Gasteiger partial charge in [0.25, 0.3) is 0 Å². The van der Waals surface area contributed by atoms with Crippen LogP contribution >= 0.6 is 0 Å². The van der Waals surface area contributed by atoms with Gasteiger partial charge in [-0.25, -0.2) is 0 Å². The first-order valence-corrected chi connectivity index (χ1v) is 7.36. The van der Waals surface area contributed by atoms with E-state index in [4.69, 9.17) is 4.74 Å². The summed E-state index contributed by atoms with van der Waals surface area (Å²) in [4.78, 5) is 26.4. The first-order chi connectivity index (χ1) is 9.17. The number of nitrogens with one attached hydrogen (secondary N) is 1. The molecule has 0 aliphatic carbocycles. The molecule has 108 valence electrons. The topological polar surface area (TPSA) is 58.6 Å². The molecule has 3 unspecified atom stereocenters. The maximum Gasteiger partial charge on any atom is 0.245 e. The molecule has 0 aromatic carbocycles. The molecule has 2 heterocycles. The van der Waals surface area contributed by atoms with Crippen molar-refractivity contribution in [3.63, 3.8) is 0 Å². The summed E-state index contributed by atoms with van der Waals surface area (Å²) < 4.78 is 5.37. The first kappa shape index (κ1) is 14.3. The molecular formula is C14H24N2O3. The normalized spacial score (nSPS) is 31.7. The molecule has 0 bridgehead atoms. The van der Waals surface area contributed by atoms with Gasteiger partial charge < -0.3 is 15.0 Å². The van der Waals surface area contributed by atoms with E-state index in [9.17, 15) is 9.59 Å². The number of ether oxygens (including phenoxy) is 1. The molecule has 3 atom stereocenters. The van der Waals surface area contributed by atoms with Gasteiger partial charge in [0.05, 0.1) is 6.61 Å². The molecule has 2 saturated heterocycles. The predicted molar refractivity (Wildman–Crippen MR) is 71.6 cm³/mol. The Labute approximate surface area is 114 Å². The lowest BCUT2D eigenvalue weighted by molar-refractivity contribution is -0.150. The van der Waals surface area contributed by atoms with Crippen molar-refractivity contribution in [2.24, 2.45) is 5.92 Å². The Morgan fingerprint density at radius 3 is 2.74 bits per heavy atom. The maximum absolute atomic E-state index is 12.4. The Hall–Kier alpha value is -1.10. The molecule has 1 N–H and O–H groups in total. The summed E-state index contributed by atoms with van der Waals surface area (Å²) in [5, 5.41) is 2.84. The minimum Gasteiger partial charge on any atom is -0.381 e. The number of carbonyl (C=O) groups excluding carboxylic acids is 2. The summed E-state index contributed by atoms with van der Waals surface area (Å²) in [6.45, 7) is 6.11. The third kappa shape index (κ3) is 3.08. The lowest BCUT2D eigenvalue weighted by Gasteiger charge is -2.39. The maximum atomic E-state index is 12.4. The molecule has 0 aromatic heterocycles. The van der Waals surface area contributed by atoms with Gasteiger partial charge in [-0.05, 0) is 19.3 Å². The van der Waals surface area contributed by atoms with Crippen LogP contribution in [0.15, 0.2) is 0 Å². The summed E-state index contributed by atoms with van der Waals surface area (Å²) >= 11 is 0. The molecule has 0 radical (unpaired) electrons. The van der Waals surface area contributed by atoms with E-state index < -0.39 is 0 Å². The minimum absolute atomic E-state index is 0.00668. The molecule has 19 heavy (non-hydrogen) atoms. The molecule has 2 rings (SSSR count). The number of amides is 2. The first-order valence-electron chi connectivity index (χ1n) is 7.36. The van der Waals surface area contributed by atoms with E-state index in [1.54, 1.807) is 4.90 Å². The van der Waals surface area contributed by atoms with E-state index in [0.717, 1.165) is 25.9 Å². The van der Waals surface area contributed by atoms with Crippen LogP contribution in [0.2, 0.25) is 0 Å². The van der Waals surface area contributed by atoms with Gasteiger partial charge in [0.15, 0.2) is 0 Å². The highest BCUT2D eigenvalue weighted by molar-refractivity contribution is 5.96. The third-order valence-electron chi connectivity index (χ3n) is 4.03. The molecule has 2 aliphatic rings. The van der Waals surface area contributed by atoms with Gasteiger partial charge >= 0.3 is 0 Å². The van der Waals surface area contributed by atoms with Crippen LogP contribution in [0.4, 0.5) is 0 Å². The van der Waals surface area contributed by atoms with E-state index in [-0.39, 0.29) is 23.9 Å². The van der Waals surface area contributed by atoms with E-state index >= 15 is 0 Å². The van der Waals surface area contributed by atoms with Crippen LogP contribution in [0.25, 0.3) is 0 Å². The van der Waals surface area contributed by atoms with Crippen LogP contribution in [-0.2, 0) is 14.3 Å². The molecule has 2 aliphatic heterocycles. The average molecular weight is 268 g/mol. The number of hydrogen-bond acceptors (Lipinski definition) is 3. The van der Waals surface area contributed by atoms with Crippen molar-refractivity contribution in [2.45, 2.75) is 51.6 Å². The molecule has 5 nitrogen and oxygen atoms in total. The largest absolute Gasteiger partial charge is 0.381 e. The zero-order chi connectivity index (χ0) is 13.8. The summed E-state index contributed by atoms with van der Waals surface area (Å²) in [6, 6.07) is -0.635. The van der Waals surface area contributed by atoms with Gasteiger partial charge in [0, 0.05) is 19.1 Å². The van der Waals surface area contributed by atoms with Crippen LogP contribution in [0, 0.1) is 5.92 Å². The highest BCUT2D eigenvalue weighted by Crippen LogP contribution is 2.21. The quantitative estimate of drug-likeness (QED) is 0.807. The van der Waals surface area contributed by atoms with E-state index in [1.165, 1.54) is 0 Å². The van der Waals surface area contributed by atoms with Crippen molar-refractivity contribution in [1.82, 2.24) is 10.2 Å². The van der Waals surface area contributed by atoms with Crippen molar-refractivity contribution >= 4 is 11.8 Å². The SMILES string of the molecule is CCCC1C(=O)NC(CC)C(=O)N1CC1CCOC1. The van der Waals surface area contributed by atoms with Gasteiger partial charge in [-0.15, -0.1) is 0 Å². The Balaban J connectivity index is 2.10. The third-order valence-corrected chi connectivity index (χ3v) is 4.03. The lowest BCUT2D eigenvalue weighted by Crippen LogP contribution is -2.63. The Kier molecular flexibility index (Phi) is 4.80. The fourth-order valence-corrected chi connectivity index (χ4v) is 2.88. The predicted octanol–water partition coefficient (Wildman–Crippen LogP) is 0.929. The second-order valence-corrected chi connectivity index (χ2v) is 5.49. The summed E-state index contributed by atoms with van der Waals surface area (Å²) in [5.74, 6) is 0.464. The van der Waals surface area contributed by atoms with Gasteiger partial charge in [-0.2, -0.15) is 0 Å². The number of piperazine rings is 1. The fraction of sp³-hybridized carbons (Fsp3) is 0.857. The highest BCUT2D eigenvalue weighted by atomic mass is 16.5. The second kappa shape index (κ2) is 6.37.